The predicted molar refractivity (Wildman–Crippen MR) is 66.9 cm³/mol. The van der Waals surface area contributed by atoms with E-state index in [0.717, 1.165) is 17.9 Å². The van der Waals surface area contributed by atoms with Gasteiger partial charge in [0.15, 0.2) is 0 Å². The minimum absolute atomic E-state index is 0.0852. The second kappa shape index (κ2) is 4.59. The van der Waals surface area contributed by atoms with E-state index >= 15 is 0 Å². The number of amides is 3. The second-order valence-corrected chi connectivity index (χ2v) is 5.80. The van der Waals surface area contributed by atoms with Gasteiger partial charge in [-0.3, -0.25) is 19.3 Å². The highest BCUT2D eigenvalue weighted by Gasteiger charge is 2.44. The third-order valence-corrected chi connectivity index (χ3v) is 4.73. The Balaban J connectivity index is 1.63. The SMILES string of the molecule is CN1C(=O)CC(NC(=O)C2NCC3CCCC32)C1=O. The van der Waals surface area contributed by atoms with Gasteiger partial charge in [0.25, 0.3) is 5.91 Å². The summed E-state index contributed by atoms with van der Waals surface area (Å²) in [4.78, 5) is 36.5. The molecule has 6 nitrogen and oxygen atoms in total. The van der Waals surface area contributed by atoms with Crippen LogP contribution < -0.4 is 10.6 Å². The monoisotopic (exact) mass is 265 g/mol. The molecular formula is C13H19N3O3. The van der Waals surface area contributed by atoms with Gasteiger partial charge in [-0.25, -0.2) is 0 Å². The number of hydrogen-bond donors (Lipinski definition) is 2. The van der Waals surface area contributed by atoms with Crippen molar-refractivity contribution in [2.45, 2.75) is 37.8 Å². The Morgan fingerprint density at radius 2 is 2.16 bits per heavy atom. The average molecular weight is 265 g/mol. The highest BCUT2D eigenvalue weighted by Crippen LogP contribution is 2.37. The molecule has 1 aliphatic carbocycles. The number of hydrogen-bond acceptors (Lipinski definition) is 4. The predicted octanol–water partition coefficient (Wildman–Crippen LogP) is -0.752. The zero-order valence-corrected chi connectivity index (χ0v) is 11.0. The van der Waals surface area contributed by atoms with Crippen molar-refractivity contribution in [3.63, 3.8) is 0 Å². The van der Waals surface area contributed by atoms with Crippen LogP contribution in [0.3, 0.4) is 0 Å². The Hall–Kier alpha value is -1.43. The molecule has 0 aromatic rings. The van der Waals surface area contributed by atoms with E-state index in [1.54, 1.807) is 0 Å². The van der Waals surface area contributed by atoms with Gasteiger partial charge in [0.1, 0.15) is 6.04 Å². The average Bonchev–Trinajstić information content (AvgIpc) is 3.02. The van der Waals surface area contributed by atoms with E-state index in [1.807, 2.05) is 0 Å². The Kier molecular flexibility index (Phi) is 3.05. The summed E-state index contributed by atoms with van der Waals surface area (Å²) in [6.07, 6.45) is 3.53. The molecule has 0 bridgehead atoms. The fourth-order valence-electron chi connectivity index (χ4n) is 3.60. The Morgan fingerprint density at radius 1 is 1.37 bits per heavy atom. The molecule has 0 radical (unpaired) electrons. The first kappa shape index (κ1) is 12.6. The lowest BCUT2D eigenvalue weighted by Gasteiger charge is -2.19. The van der Waals surface area contributed by atoms with Gasteiger partial charge in [0.05, 0.1) is 12.5 Å². The Labute approximate surface area is 111 Å². The van der Waals surface area contributed by atoms with Crippen molar-refractivity contribution in [2.75, 3.05) is 13.6 Å². The molecule has 19 heavy (non-hydrogen) atoms. The Bertz CT molecular complexity index is 437. The van der Waals surface area contributed by atoms with Crippen molar-refractivity contribution >= 4 is 17.7 Å². The lowest BCUT2D eigenvalue weighted by atomic mass is 9.93. The molecule has 4 unspecified atom stereocenters. The normalized spacial score (nSPS) is 37.8. The summed E-state index contributed by atoms with van der Waals surface area (Å²) in [5.74, 6) is 0.327. The second-order valence-electron chi connectivity index (χ2n) is 5.80. The van der Waals surface area contributed by atoms with E-state index in [1.165, 1.54) is 19.9 Å². The molecule has 2 aliphatic heterocycles. The molecule has 3 rings (SSSR count). The number of nitrogens with one attached hydrogen (secondary N) is 2. The van der Waals surface area contributed by atoms with Crippen LogP contribution in [0.4, 0.5) is 0 Å². The third kappa shape index (κ3) is 2.04. The van der Waals surface area contributed by atoms with Gasteiger partial charge in [0, 0.05) is 7.05 Å². The van der Waals surface area contributed by atoms with Crippen molar-refractivity contribution in [1.29, 1.82) is 0 Å². The van der Waals surface area contributed by atoms with E-state index in [4.69, 9.17) is 0 Å². The molecule has 3 amide bonds. The van der Waals surface area contributed by atoms with Crippen LogP contribution in [0.25, 0.3) is 0 Å². The van der Waals surface area contributed by atoms with E-state index in [9.17, 15) is 14.4 Å². The maximum atomic E-state index is 12.2. The standard InChI is InChI=1S/C13H19N3O3/c1-16-10(17)5-9(13(16)19)15-12(18)11-8-4-2-3-7(8)6-14-11/h7-9,11,14H,2-6H2,1H3,(H,15,18). The number of imide groups is 1. The molecule has 0 aromatic carbocycles. The summed E-state index contributed by atoms with van der Waals surface area (Å²) in [7, 11) is 1.46. The lowest BCUT2D eigenvalue weighted by Crippen LogP contribution is -2.49. The largest absolute Gasteiger partial charge is 0.342 e. The van der Waals surface area contributed by atoms with Crippen LogP contribution in [-0.4, -0.2) is 48.3 Å². The highest BCUT2D eigenvalue weighted by atomic mass is 16.2. The molecule has 0 aromatic heterocycles. The fourth-order valence-corrected chi connectivity index (χ4v) is 3.60. The van der Waals surface area contributed by atoms with Gasteiger partial charge in [-0.1, -0.05) is 6.42 Å². The van der Waals surface area contributed by atoms with Crippen molar-refractivity contribution in [1.82, 2.24) is 15.5 Å². The quantitative estimate of drug-likeness (QED) is 0.644. The minimum atomic E-state index is -0.674. The van der Waals surface area contributed by atoms with Crippen LogP contribution in [0, 0.1) is 11.8 Å². The van der Waals surface area contributed by atoms with E-state index < -0.39 is 6.04 Å². The van der Waals surface area contributed by atoms with Gasteiger partial charge >= 0.3 is 0 Å². The molecule has 2 heterocycles. The molecule has 1 saturated carbocycles. The maximum Gasteiger partial charge on any atom is 0.252 e. The summed E-state index contributed by atoms with van der Waals surface area (Å²) in [6, 6.07) is -0.867. The summed E-state index contributed by atoms with van der Waals surface area (Å²) in [5.41, 5.74) is 0. The number of carbonyl (C=O) groups excluding carboxylic acids is 3. The number of likely N-dealkylation sites (N-methyl/N-ethyl adjacent to an activating group) is 1. The van der Waals surface area contributed by atoms with Gasteiger partial charge in [-0.15, -0.1) is 0 Å². The minimum Gasteiger partial charge on any atom is -0.342 e. The molecule has 2 saturated heterocycles. The zero-order chi connectivity index (χ0) is 13.6. The molecule has 0 spiro atoms. The van der Waals surface area contributed by atoms with Crippen molar-refractivity contribution in [3.8, 4) is 0 Å². The molecule has 6 heteroatoms. The maximum absolute atomic E-state index is 12.2. The van der Waals surface area contributed by atoms with Crippen LogP contribution in [0.5, 0.6) is 0 Å². The molecule has 4 atom stereocenters. The van der Waals surface area contributed by atoms with Crippen LogP contribution in [0.2, 0.25) is 0 Å². The highest BCUT2D eigenvalue weighted by molar-refractivity contribution is 6.06. The number of likely N-dealkylation sites (tertiary alicyclic amines) is 1. The number of rotatable bonds is 2. The fraction of sp³-hybridized carbons (Fsp3) is 0.769. The van der Waals surface area contributed by atoms with Gasteiger partial charge in [0.2, 0.25) is 11.8 Å². The van der Waals surface area contributed by atoms with E-state index in [-0.39, 0.29) is 30.2 Å². The van der Waals surface area contributed by atoms with Crippen LogP contribution in [0.1, 0.15) is 25.7 Å². The van der Waals surface area contributed by atoms with Crippen molar-refractivity contribution in [2.24, 2.45) is 11.8 Å². The number of nitrogens with zero attached hydrogens (tertiary/aromatic N) is 1. The molecule has 3 aliphatic rings. The molecular weight excluding hydrogens is 246 g/mol. The summed E-state index contributed by atoms with van der Waals surface area (Å²) in [6.45, 7) is 0.889. The van der Waals surface area contributed by atoms with Crippen molar-refractivity contribution in [3.05, 3.63) is 0 Å². The van der Waals surface area contributed by atoms with E-state index in [0.29, 0.717) is 11.8 Å². The molecule has 2 N–H and O–H groups in total. The smallest absolute Gasteiger partial charge is 0.252 e. The third-order valence-electron chi connectivity index (χ3n) is 4.73. The summed E-state index contributed by atoms with van der Waals surface area (Å²) in [5, 5.41) is 5.98. The van der Waals surface area contributed by atoms with E-state index in [2.05, 4.69) is 10.6 Å². The van der Waals surface area contributed by atoms with Crippen LogP contribution >= 0.6 is 0 Å². The van der Waals surface area contributed by atoms with Crippen LogP contribution in [0.15, 0.2) is 0 Å². The van der Waals surface area contributed by atoms with Gasteiger partial charge in [-0.2, -0.15) is 0 Å². The lowest BCUT2D eigenvalue weighted by molar-refractivity contribution is -0.138. The number of carbonyl (C=O) groups is 3. The molecule has 3 fully saturated rings. The van der Waals surface area contributed by atoms with Crippen molar-refractivity contribution < 1.29 is 14.4 Å². The topological polar surface area (TPSA) is 78.5 Å². The van der Waals surface area contributed by atoms with Gasteiger partial charge < -0.3 is 10.6 Å². The first-order chi connectivity index (χ1) is 9.08. The zero-order valence-electron chi connectivity index (χ0n) is 11.0. The number of fused-ring (bicyclic) bond motifs is 1. The van der Waals surface area contributed by atoms with Gasteiger partial charge in [-0.05, 0) is 31.2 Å². The first-order valence-electron chi connectivity index (χ1n) is 6.92. The summed E-state index contributed by atoms with van der Waals surface area (Å²) < 4.78 is 0. The Morgan fingerprint density at radius 3 is 2.84 bits per heavy atom. The van der Waals surface area contributed by atoms with Crippen LogP contribution in [-0.2, 0) is 14.4 Å². The summed E-state index contributed by atoms with van der Waals surface area (Å²) >= 11 is 0. The molecule has 104 valence electrons. The first-order valence-corrected chi connectivity index (χ1v) is 6.92.